The Labute approximate surface area is 421 Å². The fourth-order valence-electron chi connectivity index (χ4n) is 9.63. The summed E-state index contributed by atoms with van der Waals surface area (Å²) >= 11 is 0. The first-order chi connectivity index (χ1) is 34.4. The number of rotatable bonds is 33. The quantitative estimate of drug-likeness (QED) is 0.0247. The Morgan fingerprint density at radius 1 is 0.764 bits per heavy atom. The Balaban J connectivity index is 1.23. The van der Waals surface area contributed by atoms with E-state index in [2.05, 4.69) is 5.32 Å². The molecule has 5 unspecified atom stereocenters. The molecule has 3 aromatic rings. The molecule has 1 saturated carbocycles. The van der Waals surface area contributed by atoms with Crippen molar-refractivity contribution in [3.8, 4) is 11.5 Å². The van der Waals surface area contributed by atoms with Crippen molar-refractivity contribution < 1.29 is 81.7 Å². The maximum Gasteiger partial charge on any atom is 0.469 e. The molecule has 1 amide bonds. The van der Waals surface area contributed by atoms with Crippen molar-refractivity contribution in [2.75, 3.05) is 79.8 Å². The number of carbonyl (C=O) groups excluding carboxylic acids is 3. The van der Waals surface area contributed by atoms with Crippen LogP contribution in [0.4, 0.5) is 0 Å². The van der Waals surface area contributed by atoms with Gasteiger partial charge in [-0.1, -0.05) is 69.5 Å². The maximum absolute atomic E-state index is 14.9. The predicted molar refractivity (Wildman–Crippen MR) is 265 cm³/mol. The zero-order chi connectivity index (χ0) is 52.4. The number of methoxy groups -OCH3 is 1. The molecule has 0 saturated heterocycles. The van der Waals surface area contributed by atoms with Gasteiger partial charge >= 0.3 is 7.82 Å². The Morgan fingerprint density at radius 2 is 1.32 bits per heavy atom. The predicted octanol–water partition coefficient (Wildman–Crippen LogP) is 3.18. The molecule has 0 spiro atoms. The van der Waals surface area contributed by atoms with Crippen LogP contribution in [0.25, 0.3) is 10.8 Å². The summed E-state index contributed by atoms with van der Waals surface area (Å²) in [6, 6.07) is 11.6. The smallest absolute Gasteiger partial charge is 0.469 e. The van der Waals surface area contributed by atoms with Crippen LogP contribution in [-0.2, 0) is 48.8 Å². The summed E-state index contributed by atoms with van der Waals surface area (Å²) in [6.45, 7) is 8.14. The number of benzene rings is 3. The average molecular weight is 1030 g/mol. The molecule has 3 aromatic carbocycles. The highest BCUT2D eigenvalue weighted by molar-refractivity contribution is 7.46. The highest BCUT2D eigenvalue weighted by atomic mass is 31.2. The lowest BCUT2D eigenvalue weighted by Gasteiger charge is -2.40. The second-order valence-corrected chi connectivity index (χ2v) is 20.0. The van der Waals surface area contributed by atoms with Gasteiger partial charge in [-0.25, -0.2) is 4.57 Å². The summed E-state index contributed by atoms with van der Waals surface area (Å²) in [5.74, 6) is -4.68. The fraction of sp³-hybridized carbons (Fsp3) is 0.627. The van der Waals surface area contributed by atoms with Gasteiger partial charge in [0.15, 0.2) is 18.2 Å². The van der Waals surface area contributed by atoms with E-state index in [0.29, 0.717) is 106 Å². The number of carbonyl (C=O) groups is 3. The molecule has 10 N–H and O–H groups in total. The summed E-state index contributed by atoms with van der Waals surface area (Å²) in [6.07, 6.45) is -2.46. The minimum Gasteiger partial charge on any atom is -0.491 e. The number of fused-ring (bicyclic) bond motifs is 2. The topological polar surface area (TPSA) is 307 Å². The molecule has 0 aliphatic heterocycles. The number of aliphatic hydroxyl groups is 3. The van der Waals surface area contributed by atoms with Crippen molar-refractivity contribution in [2.24, 2.45) is 35.1 Å². The normalized spacial score (nSPS) is 19.3. The van der Waals surface area contributed by atoms with Crippen LogP contribution in [0.3, 0.4) is 0 Å². The minimum atomic E-state index is -5.23. The van der Waals surface area contributed by atoms with Crippen molar-refractivity contribution >= 4 is 36.1 Å². The van der Waals surface area contributed by atoms with E-state index in [0.717, 1.165) is 19.3 Å². The van der Waals surface area contributed by atoms with Crippen LogP contribution in [-0.4, -0.2) is 159 Å². The van der Waals surface area contributed by atoms with Gasteiger partial charge in [0.1, 0.15) is 24.1 Å². The number of amides is 1. The Hall–Kier alpha value is -3.96. The number of ether oxygens (including phenoxy) is 7. The average Bonchev–Trinajstić information content (AvgIpc) is 3.64. The van der Waals surface area contributed by atoms with Crippen molar-refractivity contribution in [3.05, 3.63) is 71.3 Å². The van der Waals surface area contributed by atoms with E-state index >= 15 is 0 Å². The second kappa shape index (κ2) is 29.2. The molecule has 72 heavy (non-hydrogen) atoms. The van der Waals surface area contributed by atoms with Gasteiger partial charge in [0, 0.05) is 41.8 Å². The molecule has 0 bridgehead atoms. The van der Waals surface area contributed by atoms with E-state index < -0.39 is 98.1 Å². The molecule has 20 nitrogen and oxygen atoms in total. The third kappa shape index (κ3) is 17.0. The van der Waals surface area contributed by atoms with Gasteiger partial charge in [-0.2, -0.15) is 0 Å². The minimum absolute atomic E-state index is 0.235. The van der Waals surface area contributed by atoms with Crippen molar-refractivity contribution in [1.82, 2.24) is 5.32 Å². The van der Waals surface area contributed by atoms with E-state index in [1.807, 2.05) is 6.07 Å². The largest absolute Gasteiger partial charge is 0.491 e. The van der Waals surface area contributed by atoms with Gasteiger partial charge in [0.25, 0.3) is 5.91 Å². The summed E-state index contributed by atoms with van der Waals surface area (Å²) in [4.78, 5) is 62.5. The first-order valence-corrected chi connectivity index (χ1v) is 26.3. The van der Waals surface area contributed by atoms with Gasteiger partial charge in [0.05, 0.1) is 95.8 Å². The first kappa shape index (κ1) is 58.9. The van der Waals surface area contributed by atoms with Crippen molar-refractivity contribution in [1.29, 1.82) is 0 Å². The van der Waals surface area contributed by atoms with Gasteiger partial charge < -0.3 is 75.0 Å². The van der Waals surface area contributed by atoms with Crippen LogP contribution in [0.2, 0.25) is 0 Å². The number of aliphatic hydroxyl groups excluding tert-OH is 3. The molecule has 2 aliphatic carbocycles. The molecular formula is C51H76N3O17P. The van der Waals surface area contributed by atoms with Crippen molar-refractivity contribution in [3.63, 3.8) is 0 Å². The van der Waals surface area contributed by atoms with Crippen LogP contribution in [0.15, 0.2) is 54.6 Å². The molecule has 2 aliphatic rings. The number of nitrogens with one attached hydrogen (secondary N) is 1. The summed E-state index contributed by atoms with van der Waals surface area (Å²) in [5, 5.41) is 37.9. The molecule has 0 heterocycles. The number of Topliss-reactive ketones (excluding diaryl/α,β-unsaturated/α-hetero) is 2. The molecular weight excluding hydrogens is 958 g/mol. The van der Waals surface area contributed by atoms with Gasteiger partial charge in [-0.15, -0.1) is 0 Å². The number of phosphoric acid groups is 1. The molecule has 1 fully saturated rings. The third-order valence-corrected chi connectivity index (χ3v) is 13.9. The lowest BCUT2D eigenvalue weighted by atomic mass is 9.69. The SMILES string of the molecule is COCCOCCOCCOCCOCCOc1cccc2c(OCC(=O)N[C@H](C(=O)C(C3CCCCC3)C(N)C(O)C(O)C(C(=O)c3ccc4c(c3)C[C@@H](O)[C@H]4N)C(C)C)[C@@H](C)OP(=O)(O)O)cccc12. The van der Waals surface area contributed by atoms with Crippen molar-refractivity contribution in [2.45, 2.75) is 102 Å². The summed E-state index contributed by atoms with van der Waals surface area (Å²) in [7, 11) is -3.61. The Kier molecular flexibility index (Phi) is 23.9. The van der Waals surface area contributed by atoms with Crippen LogP contribution in [0, 0.1) is 23.7 Å². The molecule has 5 rings (SSSR count). The zero-order valence-corrected chi connectivity index (χ0v) is 42.7. The highest BCUT2D eigenvalue weighted by Crippen LogP contribution is 2.41. The molecule has 21 heteroatoms. The zero-order valence-electron chi connectivity index (χ0n) is 41.8. The standard InChI is InChI=1S/C51H76N3O17P/c1-31(2)43(48(57)34-16-17-36-35(28-34)29-39(55)45(36)52)50(59)51(60)46(53)44(33-10-6-5-7-11-33)49(58)47(32(3)71-72(61,62)63)54-42(56)30-70-41-15-9-12-37-38(41)13-8-14-40(37)69-27-26-68-25-24-67-23-22-66-21-20-65-19-18-64-4/h8-9,12-17,28,31-33,39,43-47,50-51,55,59-60H,5-7,10-11,18-27,29-30,52-53H2,1-4H3,(H,54,56)(H2,61,62,63)/t32-,39-,43?,44?,45+,46?,47+,50?,51?/m1/s1. The maximum atomic E-state index is 14.9. The Bertz CT molecular complexity index is 2220. The molecule has 0 aromatic heterocycles. The molecule has 402 valence electrons. The summed E-state index contributed by atoms with van der Waals surface area (Å²) < 4.78 is 56.1. The monoisotopic (exact) mass is 1030 g/mol. The second-order valence-electron chi connectivity index (χ2n) is 18.8. The lowest BCUT2D eigenvalue weighted by Crippen LogP contribution is -2.60. The highest BCUT2D eigenvalue weighted by Gasteiger charge is 2.47. The van der Waals surface area contributed by atoms with E-state index in [9.17, 15) is 44.1 Å². The van der Waals surface area contributed by atoms with Gasteiger partial charge in [-0.3, -0.25) is 18.9 Å². The summed E-state index contributed by atoms with van der Waals surface area (Å²) in [5.41, 5.74) is 14.6. The van der Waals surface area contributed by atoms with Crippen LogP contribution in [0.5, 0.6) is 11.5 Å². The fourth-order valence-corrected chi connectivity index (χ4v) is 10.2. The van der Waals surface area contributed by atoms with E-state index in [-0.39, 0.29) is 18.6 Å². The van der Waals surface area contributed by atoms with Crippen LogP contribution >= 0.6 is 7.82 Å². The lowest BCUT2D eigenvalue weighted by molar-refractivity contribution is -0.137. The number of ketones is 2. The van der Waals surface area contributed by atoms with E-state index in [1.165, 1.54) is 6.92 Å². The molecule has 9 atom stereocenters. The van der Waals surface area contributed by atoms with Gasteiger partial charge in [-0.05, 0) is 60.9 Å². The van der Waals surface area contributed by atoms with Gasteiger partial charge in [0.2, 0.25) is 0 Å². The first-order valence-electron chi connectivity index (χ1n) is 24.8. The number of nitrogens with two attached hydrogens (primary N) is 2. The van der Waals surface area contributed by atoms with E-state index in [1.54, 1.807) is 69.5 Å². The number of phosphoric ester groups is 1. The van der Waals surface area contributed by atoms with Crippen LogP contribution < -0.4 is 26.3 Å². The Morgan fingerprint density at radius 3 is 1.88 bits per heavy atom. The van der Waals surface area contributed by atoms with Crippen LogP contribution in [0.1, 0.15) is 80.4 Å². The third-order valence-electron chi connectivity index (χ3n) is 13.3. The van der Waals surface area contributed by atoms with E-state index in [4.69, 9.17) is 49.1 Å². The number of hydrogen-bond donors (Lipinski definition) is 8. The molecule has 0 radical (unpaired) electrons. The number of hydrogen-bond acceptors (Lipinski definition) is 17.